The van der Waals surface area contributed by atoms with Crippen molar-refractivity contribution in [1.82, 2.24) is 10.6 Å². The van der Waals surface area contributed by atoms with Gasteiger partial charge in [-0.3, -0.25) is 9.59 Å². The first kappa shape index (κ1) is 34.1. The van der Waals surface area contributed by atoms with E-state index in [2.05, 4.69) is 44.9 Å². The molecular weight excluding hydrogens is 438 g/mol. The molecule has 0 aliphatic heterocycles. The number of hydrogen-bond acceptors (Lipinski definition) is 6. The van der Waals surface area contributed by atoms with Crippen molar-refractivity contribution in [3.8, 4) is 0 Å². The summed E-state index contributed by atoms with van der Waals surface area (Å²) in [6.45, 7) is 20.9. The Kier molecular flexibility index (Phi) is 21.0. The summed E-state index contributed by atoms with van der Waals surface area (Å²) in [7, 11) is 0. The third-order valence-corrected chi connectivity index (χ3v) is 5.83. The number of rotatable bonds is 19. The first-order valence-electron chi connectivity index (χ1n) is 12.0. The summed E-state index contributed by atoms with van der Waals surface area (Å²) >= 11 is 1.71. The fourth-order valence-electron chi connectivity index (χ4n) is 2.62. The lowest BCUT2D eigenvalue weighted by Crippen LogP contribution is -2.33. The molecule has 1 unspecified atom stereocenters. The van der Waals surface area contributed by atoms with Gasteiger partial charge < -0.3 is 25.8 Å². The van der Waals surface area contributed by atoms with Crippen molar-refractivity contribution in [3.63, 3.8) is 0 Å². The SMILES string of the molecule is C=C(C)C.CC(CSCCN)C(=O)NCCCOC(C)(C)CCOC(C)(C)CCCNC=O. The van der Waals surface area contributed by atoms with Crippen molar-refractivity contribution in [2.24, 2.45) is 11.7 Å². The van der Waals surface area contributed by atoms with Crippen LogP contribution in [0.15, 0.2) is 12.2 Å². The van der Waals surface area contributed by atoms with E-state index in [0.717, 1.165) is 43.6 Å². The van der Waals surface area contributed by atoms with Crippen molar-refractivity contribution in [1.29, 1.82) is 0 Å². The first-order chi connectivity index (χ1) is 15.4. The minimum atomic E-state index is -0.273. The number of hydrogen-bond donors (Lipinski definition) is 3. The lowest BCUT2D eigenvalue weighted by Gasteiger charge is -2.30. The number of amides is 2. The van der Waals surface area contributed by atoms with Crippen molar-refractivity contribution in [2.45, 2.75) is 85.4 Å². The molecule has 0 heterocycles. The number of allylic oxidation sites excluding steroid dienone is 1. The van der Waals surface area contributed by atoms with E-state index in [1.165, 1.54) is 5.57 Å². The molecule has 1 atom stereocenters. The van der Waals surface area contributed by atoms with Gasteiger partial charge in [-0.25, -0.2) is 0 Å². The van der Waals surface area contributed by atoms with Gasteiger partial charge in [-0.05, 0) is 67.2 Å². The van der Waals surface area contributed by atoms with Crippen LogP contribution in [0.3, 0.4) is 0 Å². The van der Waals surface area contributed by atoms with Crippen LogP contribution < -0.4 is 16.4 Å². The van der Waals surface area contributed by atoms with E-state index in [-0.39, 0.29) is 23.0 Å². The topological polar surface area (TPSA) is 103 Å². The van der Waals surface area contributed by atoms with Crippen LogP contribution >= 0.6 is 11.8 Å². The molecule has 0 saturated carbocycles. The van der Waals surface area contributed by atoms with Crippen molar-refractivity contribution in [3.05, 3.63) is 12.2 Å². The summed E-state index contributed by atoms with van der Waals surface area (Å²) in [6, 6.07) is 0. The van der Waals surface area contributed by atoms with Crippen LogP contribution in [-0.4, -0.2) is 67.9 Å². The van der Waals surface area contributed by atoms with Crippen LogP contribution in [0, 0.1) is 5.92 Å². The minimum absolute atomic E-state index is 0.00127. The Morgan fingerprint density at radius 1 is 1.06 bits per heavy atom. The van der Waals surface area contributed by atoms with Gasteiger partial charge in [-0.15, -0.1) is 6.58 Å². The Morgan fingerprint density at radius 3 is 2.21 bits per heavy atom. The molecule has 0 aromatic carbocycles. The Hall–Kier alpha value is -1.09. The highest BCUT2D eigenvalue weighted by molar-refractivity contribution is 7.99. The van der Waals surface area contributed by atoms with Crippen LogP contribution in [0.1, 0.15) is 74.1 Å². The smallest absolute Gasteiger partial charge is 0.223 e. The van der Waals surface area contributed by atoms with E-state index in [0.29, 0.717) is 32.8 Å². The van der Waals surface area contributed by atoms with Crippen LogP contribution in [0.2, 0.25) is 0 Å². The number of nitrogens with two attached hydrogens (primary N) is 1. The monoisotopic (exact) mass is 489 g/mol. The second-order valence-corrected chi connectivity index (χ2v) is 10.9. The van der Waals surface area contributed by atoms with Gasteiger partial charge in [-0.1, -0.05) is 12.5 Å². The molecule has 196 valence electrons. The summed E-state index contributed by atoms with van der Waals surface area (Å²) in [5.74, 6) is 1.78. The maximum Gasteiger partial charge on any atom is 0.223 e. The number of carbonyl (C=O) groups excluding carboxylic acids is 2. The Bertz CT molecular complexity index is 524. The number of carbonyl (C=O) groups is 2. The van der Waals surface area contributed by atoms with Crippen LogP contribution in [0.4, 0.5) is 0 Å². The number of nitrogens with one attached hydrogen (secondary N) is 2. The molecule has 0 radical (unpaired) electrons. The quantitative estimate of drug-likeness (QED) is 0.144. The molecule has 0 aliphatic carbocycles. The van der Waals surface area contributed by atoms with Gasteiger partial charge in [0.05, 0.1) is 17.8 Å². The Labute approximate surface area is 207 Å². The number of ether oxygens (including phenoxy) is 2. The number of thioether (sulfide) groups is 1. The average molecular weight is 490 g/mol. The van der Waals surface area contributed by atoms with Gasteiger partial charge in [0.1, 0.15) is 0 Å². The van der Waals surface area contributed by atoms with E-state index < -0.39 is 0 Å². The van der Waals surface area contributed by atoms with Gasteiger partial charge in [0, 0.05) is 43.7 Å². The van der Waals surface area contributed by atoms with E-state index in [9.17, 15) is 9.59 Å². The van der Waals surface area contributed by atoms with Crippen molar-refractivity contribution in [2.75, 3.05) is 44.4 Å². The summed E-state index contributed by atoms with van der Waals surface area (Å²) < 4.78 is 12.0. The van der Waals surface area contributed by atoms with Crippen LogP contribution in [0.5, 0.6) is 0 Å². The van der Waals surface area contributed by atoms with Crippen LogP contribution in [-0.2, 0) is 19.1 Å². The standard InChI is InChI=1S/C21H43N3O4S.C4H8/c1-18(16-29-15-10-22)19(26)24-12-7-13-27-21(4,5)9-14-28-20(2,3)8-6-11-23-17-25;1-4(2)3/h17-18H,6-16,22H2,1-5H3,(H,23,25)(H,24,26);1H2,2-3H3. The van der Waals surface area contributed by atoms with E-state index in [4.69, 9.17) is 15.2 Å². The molecule has 0 aromatic rings. The fraction of sp³-hybridized carbons (Fsp3) is 0.840. The highest BCUT2D eigenvalue weighted by atomic mass is 32.2. The molecule has 0 aromatic heterocycles. The predicted octanol–water partition coefficient (Wildman–Crippen LogP) is 3.91. The van der Waals surface area contributed by atoms with Gasteiger partial charge in [0.25, 0.3) is 0 Å². The molecule has 0 bridgehead atoms. The summed E-state index contributed by atoms with van der Waals surface area (Å²) in [5.41, 5.74) is 6.14. The highest BCUT2D eigenvalue weighted by Gasteiger charge is 2.22. The molecular formula is C25H51N3O4S. The average Bonchev–Trinajstić information content (AvgIpc) is 2.70. The zero-order valence-electron chi connectivity index (χ0n) is 22.3. The van der Waals surface area contributed by atoms with Crippen LogP contribution in [0.25, 0.3) is 0 Å². The summed E-state index contributed by atoms with van der Waals surface area (Å²) in [6.07, 6.45) is 4.08. The Balaban J connectivity index is 0. The van der Waals surface area contributed by atoms with Gasteiger partial charge >= 0.3 is 0 Å². The van der Waals surface area contributed by atoms with E-state index >= 15 is 0 Å². The minimum Gasteiger partial charge on any atom is -0.375 e. The second kappa shape index (κ2) is 20.3. The summed E-state index contributed by atoms with van der Waals surface area (Å²) in [4.78, 5) is 22.3. The zero-order chi connectivity index (χ0) is 25.8. The molecule has 0 aliphatic rings. The lowest BCUT2D eigenvalue weighted by atomic mass is 10.0. The zero-order valence-corrected chi connectivity index (χ0v) is 23.1. The van der Waals surface area contributed by atoms with E-state index in [1.807, 2.05) is 20.8 Å². The fourth-order valence-corrected chi connectivity index (χ4v) is 3.46. The van der Waals surface area contributed by atoms with E-state index in [1.54, 1.807) is 11.8 Å². The van der Waals surface area contributed by atoms with Crippen molar-refractivity contribution >= 4 is 24.1 Å². The van der Waals surface area contributed by atoms with Gasteiger partial charge in [-0.2, -0.15) is 11.8 Å². The molecule has 2 amide bonds. The molecule has 0 saturated heterocycles. The largest absolute Gasteiger partial charge is 0.375 e. The first-order valence-corrected chi connectivity index (χ1v) is 13.1. The molecule has 4 N–H and O–H groups in total. The molecule has 0 spiro atoms. The molecule has 0 fully saturated rings. The van der Waals surface area contributed by atoms with Gasteiger partial charge in [0.15, 0.2) is 0 Å². The second-order valence-electron chi connectivity index (χ2n) is 9.76. The highest BCUT2D eigenvalue weighted by Crippen LogP contribution is 2.20. The van der Waals surface area contributed by atoms with Crippen molar-refractivity contribution < 1.29 is 19.1 Å². The summed E-state index contributed by atoms with van der Waals surface area (Å²) in [5, 5.41) is 5.64. The van der Waals surface area contributed by atoms with Gasteiger partial charge in [0.2, 0.25) is 12.3 Å². The maximum atomic E-state index is 12.0. The maximum absolute atomic E-state index is 12.0. The lowest BCUT2D eigenvalue weighted by molar-refractivity contribution is -0.123. The third kappa shape index (κ3) is 25.4. The third-order valence-electron chi connectivity index (χ3n) is 4.57. The Morgan fingerprint density at radius 2 is 1.64 bits per heavy atom. The molecule has 33 heavy (non-hydrogen) atoms. The normalized spacial score (nSPS) is 12.4. The molecule has 7 nitrogen and oxygen atoms in total. The predicted molar refractivity (Wildman–Crippen MR) is 142 cm³/mol. The molecule has 8 heteroatoms. The molecule has 0 rings (SSSR count).